The van der Waals surface area contributed by atoms with E-state index in [9.17, 15) is 0 Å². The van der Waals surface area contributed by atoms with E-state index < -0.39 is 0 Å². The number of alkyl halides is 1. The van der Waals surface area contributed by atoms with Crippen LogP contribution >= 0.6 is 27.5 Å². The summed E-state index contributed by atoms with van der Waals surface area (Å²) in [7, 11) is 0. The van der Waals surface area contributed by atoms with E-state index in [2.05, 4.69) is 27.8 Å². The Balaban J connectivity index is 2.89. The van der Waals surface area contributed by atoms with E-state index in [4.69, 9.17) is 11.6 Å². The topological polar surface area (TPSA) is 0 Å². The minimum Gasteiger partial charge on any atom is -0.0970 e. The molecule has 0 saturated carbocycles. The second kappa shape index (κ2) is 5.32. The smallest absolute Gasteiger partial charge is 0.0418 e. The van der Waals surface area contributed by atoms with Crippen molar-refractivity contribution in [1.82, 2.24) is 0 Å². The highest BCUT2D eigenvalue weighted by molar-refractivity contribution is 9.09. The van der Waals surface area contributed by atoms with Crippen LogP contribution in [0.2, 0.25) is 5.02 Å². The SMILES string of the molecule is Cc1ccc(Cl)cc1C#CCCBr. The van der Waals surface area contributed by atoms with Gasteiger partial charge in [0.25, 0.3) is 0 Å². The van der Waals surface area contributed by atoms with Gasteiger partial charge >= 0.3 is 0 Å². The van der Waals surface area contributed by atoms with Crippen LogP contribution in [0, 0.1) is 18.8 Å². The van der Waals surface area contributed by atoms with Crippen LogP contribution in [0.5, 0.6) is 0 Å². The maximum Gasteiger partial charge on any atom is 0.0418 e. The summed E-state index contributed by atoms with van der Waals surface area (Å²) >= 11 is 9.18. The van der Waals surface area contributed by atoms with Crippen molar-refractivity contribution in [2.75, 3.05) is 5.33 Å². The van der Waals surface area contributed by atoms with Crippen molar-refractivity contribution in [2.24, 2.45) is 0 Å². The first-order chi connectivity index (χ1) is 6.24. The third kappa shape index (κ3) is 3.42. The van der Waals surface area contributed by atoms with E-state index in [1.165, 1.54) is 5.56 Å². The molecule has 0 atom stereocenters. The third-order valence-electron chi connectivity index (χ3n) is 1.64. The molecule has 0 spiro atoms. The van der Waals surface area contributed by atoms with Crippen molar-refractivity contribution < 1.29 is 0 Å². The highest BCUT2D eigenvalue weighted by Gasteiger charge is 1.94. The predicted molar refractivity (Wildman–Crippen MR) is 61.5 cm³/mol. The van der Waals surface area contributed by atoms with Crippen LogP contribution in [0.3, 0.4) is 0 Å². The van der Waals surface area contributed by atoms with Gasteiger partial charge in [-0.1, -0.05) is 45.4 Å². The Morgan fingerprint density at radius 2 is 2.23 bits per heavy atom. The minimum atomic E-state index is 0.744. The van der Waals surface area contributed by atoms with Gasteiger partial charge in [0.2, 0.25) is 0 Å². The standard InChI is InChI=1S/C11H10BrCl/c1-9-5-6-11(13)8-10(9)4-2-3-7-12/h5-6,8H,3,7H2,1H3. The number of aryl methyl sites for hydroxylation is 1. The van der Waals surface area contributed by atoms with E-state index in [0.717, 1.165) is 22.3 Å². The lowest BCUT2D eigenvalue weighted by Gasteiger charge is -1.97. The summed E-state index contributed by atoms with van der Waals surface area (Å²) in [5.74, 6) is 6.15. The highest BCUT2D eigenvalue weighted by Crippen LogP contribution is 2.14. The monoisotopic (exact) mass is 256 g/mol. The summed E-state index contributed by atoms with van der Waals surface area (Å²) in [4.78, 5) is 0. The second-order valence-corrected chi connectivity index (χ2v) is 3.93. The van der Waals surface area contributed by atoms with Crippen LogP contribution in [0.4, 0.5) is 0 Å². The molecule has 0 amide bonds. The van der Waals surface area contributed by atoms with Gasteiger partial charge in [0.1, 0.15) is 0 Å². The first kappa shape index (κ1) is 10.6. The fourth-order valence-electron chi connectivity index (χ4n) is 0.934. The van der Waals surface area contributed by atoms with Gasteiger partial charge < -0.3 is 0 Å². The molecule has 0 radical (unpaired) electrons. The average Bonchev–Trinajstić information content (AvgIpc) is 2.11. The van der Waals surface area contributed by atoms with Crippen molar-refractivity contribution >= 4 is 27.5 Å². The largest absolute Gasteiger partial charge is 0.0970 e. The Labute approximate surface area is 92.4 Å². The van der Waals surface area contributed by atoms with Gasteiger partial charge in [-0.25, -0.2) is 0 Å². The molecular weight excluding hydrogens is 247 g/mol. The molecule has 1 rings (SSSR count). The van der Waals surface area contributed by atoms with E-state index in [1.54, 1.807) is 0 Å². The summed E-state index contributed by atoms with van der Waals surface area (Å²) in [6.45, 7) is 2.04. The fourth-order valence-corrected chi connectivity index (χ4v) is 1.30. The first-order valence-electron chi connectivity index (χ1n) is 4.05. The minimum absolute atomic E-state index is 0.744. The van der Waals surface area contributed by atoms with Gasteiger partial charge in [-0.05, 0) is 24.6 Å². The molecule has 0 unspecified atom stereocenters. The van der Waals surface area contributed by atoms with Crippen molar-refractivity contribution in [2.45, 2.75) is 13.3 Å². The molecule has 1 aromatic carbocycles. The van der Waals surface area contributed by atoms with Crippen LogP contribution in [-0.4, -0.2) is 5.33 Å². The van der Waals surface area contributed by atoms with Gasteiger partial charge in [-0.2, -0.15) is 0 Å². The van der Waals surface area contributed by atoms with E-state index in [-0.39, 0.29) is 0 Å². The molecule has 0 nitrogen and oxygen atoms in total. The molecule has 0 aliphatic carbocycles. The quantitative estimate of drug-likeness (QED) is 0.530. The van der Waals surface area contributed by atoms with Crippen molar-refractivity contribution in [1.29, 1.82) is 0 Å². The van der Waals surface area contributed by atoms with E-state index >= 15 is 0 Å². The Bertz CT molecular complexity index is 347. The van der Waals surface area contributed by atoms with Gasteiger partial charge in [0.05, 0.1) is 0 Å². The maximum atomic E-state index is 5.85. The third-order valence-corrected chi connectivity index (χ3v) is 2.27. The highest BCUT2D eigenvalue weighted by atomic mass is 79.9. The zero-order valence-corrected chi connectivity index (χ0v) is 9.74. The lowest BCUT2D eigenvalue weighted by molar-refractivity contribution is 1.31. The second-order valence-electron chi connectivity index (χ2n) is 2.70. The van der Waals surface area contributed by atoms with Gasteiger partial charge in [0, 0.05) is 22.3 Å². The van der Waals surface area contributed by atoms with Crippen molar-refractivity contribution in [3.8, 4) is 11.8 Å². The molecule has 0 fully saturated rings. The molecule has 0 aromatic heterocycles. The average molecular weight is 258 g/mol. The number of hydrogen-bond acceptors (Lipinski definition) is 0. The van der Waals surface area contributed by atoms with Crippen LogP contribution in [-0.2, 0) is 0 Å². The zero-order valence-electron chi connectivity index (χ0n) is 7.40. The molecule has 2 heteroatoms. The van der Waals surface area contributed by atoms with E-state index in [1.807, 2.05) is 25.1 Å². The molecular formula is C11H10BrCl. The Hall–Kier alpha value is -0.450. The van der Waals surface area contributed by atoms with Crippen LogP contribution < -0.4 is 0 Å². The van der Waals surface area contributed by atoms with Gasteiger partial charge in [0.15, 0.2) is 0 Å². The molecule has 0 saturated heterocycles. The summed E-state index contributed by atoms with van der Waals surface area (Å²) < 4.78 is 0. The molecule has 0 bridgehead atoms. The molecule has 68 valence electrons. The lowest BCUT2D eigenvalue weighted by atomic mass is 10.1. The fraction of sp³-hybridized carbons (Fsp3) is 0.273. The van der Waals surface area contributed by atoms with Crippen molar-refractivity contribution in [3.63, 3.8) is 0 Å². The first-order valence-corrected chi connectivity index (χ1v) is 5.55. The number of halogens is 2. The van der Waals surface area contributed by atoms with Gasteiger partial charge in [-0.15, -0.1) is 0 Å². The number of hydrogen-bond donors (Lipinski definition) is 0. The number of benzene rings is 1. The molecule has 1 aromatic rings. The summed E-state index contributed by atoms with van der Waals surface area (Å²) in [5.41, 5.74) is 2.19. The van der Waals surface area contributed by atoms with E-state index in [0.29, 0.717) is 0 Å². The molecule has 0 N–H and O–H groups in total. The Kier molecular flexibility index (Phi) is 4.35. The normalized spacial score (nSPS) is 9.15. The zero-order chi connectivity index (χ0) is 9.68. The van der Waals surface area contributed by atoms with Gasteiger partial charge in [-0.3, -0.25) is 0 Å². The van der Waals surface area contributed by atoms with Crippen LogP contribution in [0.15, 0.2) is 18.2 Å². The van der Waals surface area contributed by atoms with Crippen LogP contribution in [0.25, 0.3) is 0 Å². The van der Waals surface area contributed by atoms with Crippen LogP contribution in [0.1, 0.15) is 17.5 Å². The molecule has 0 heterocycles. The maximum absolute atomic E-state index is 5.85. The summed E-state index contributed by atoms with van der Waals surface area (Å²) in [6.07, 6.45) is 0.867. The lowest BCUT2D eigenvalue weighted by Crippen LogP contribution is -1.81. The molecule has 13 heavy (non-hydrogen) atoms. The van der Waals surface area contributed by atoms with Crippen molar-refractivity contribution in [3.05, 3.63) is 34.3 Å². The predicted octanol–water partition coefficient (Wildman–Crippen LogP) is 3.78. The Morgan fingerprint density at radius 3 is 2.92 bits per heavy atom. The summed E-state index contributed by atoms with van der Waals surface area (Å²) in [6, 6.07) is 5.77. The number of rotatable bonds is 1. The summed E-state index contributed by atoms with van der Waals surface area (Å²) in [5, 5.41) is 1.66. The molecule has 0 aliphatic heterocycles. The Morgan fingerprint density at radius 1 is 1.46 bits per heavy atom. The molecule has 0 aliphatic rings.